The Kier molecular flexibility index (Phi) is 2.48. The van der Waals surface area contributed by atoms with Crippen LogP contribution < -0.4 is 5.56 Å². The first-order valence-electron chi connectivity index (χ1n) is 6.03. The fourth-order valence-corrected chi connectivity index (χ4v) is 2.60. The van der Waals surface area contributed by atoms with Crippen molar-refractivity contribution in [2.45, 2.75) is 25.3 Å². The lowest BCUT2D eigenvalue weighted by molar-refractivity contribution is 0.178. The summed E-state index contributed by atoms with van der Waals surface area (Å²) in [5.41, 5.74) is 0.761. The van der Waals surface area contributed by atoms with Crippen LogP contribution in [0.4, 0.5) is 0 Å². The van der Waals surface area contributed by atoms with E-state index in [1.54, 1.807) is 16.5 Å². The Morgan fingerprint density at radius 3 is 3.12 bits per heavy atom. The van der Waals surface area contributed by atoms with Gasteiger partial charge in [0, 0.05) is 6.07 Å². The average Bonchev–Trinajstić information content (AvgIpc) is 2.75. The molecule has 1 N–H and O–H groups in total. The second kappa shape index (κ2) is 4.00. The van der Waals surface area contributed by atoms with E-state index < -0.39 is 0 Å². The summed E-state index contributed by atoms with van der Waals surface area (Å²) in [7, 11) is 2.10. The smallest absolute Gasteiger partial charge is 0.257 e. The van der Waals surface area contributed by atoms with Crippen LogP contribution in [0.5, 0.6) is 0 Å². The van der Waals surface area contributed by atoms with E-state index in [-0.39, 0.29) is 11.6 Å². The quantitative estimate of drug-likeness (QED) is 0.803. The molecule has 3 heterocycles. The third kappa shape index (κ3) is 1.67. The molecule has 0 aliphatic carbocycles. The van der Waals surface area contributed by atoms with Gasteiger partial charge in [0.25, 0.3) is 5.56 Å². The van der Waals surface area contributed by atoms with Gasteiger partial charge in [0.1, 0.15) is 5.65 Å². The molecule has 0 spiro atoms. The molecule has 1 saturated heterocycles. The zero-order valence-corrected chi connectivity index (χ0v) is 9.89. The van der Waals surface area contributed by atoms with Crippen LogP contribution in [-0.4, -0.2) is 33.1 Å². The number of fused-ring (bicyclic) bond motifs is 1. The second-order valence-electron chi connectivity index (χ2n) is 4.66. The lowest BCUT2D eigenvalue weighted by Gasteiger charge is -2.30. The molecule has 0 aromatic carbocycles. The molecule has 17 heavy (non-hydrogen) atoms. The van der Waals surface area contributed by atoms with Crippen molar-refractivity contribution in [1.82, 2.24) is 19.5 Å². The van der Waals surface area contributed by atoms with Gasteiger partial charge < -0.3 is 0 Å². The standard InChI is InChI=1S/C12H16N4O/c1-15-8-3-2-5-9(15)12-14-13-10-6-4-7-11(17)16(10)12/h4,6-7,9,13H,2-3,5,8H2,1H3. The lowest BCUT2D eigenvalue weighted by atomic mass is 10.0. The number of nitrogens with zero attached hydrogens (tertiary/aromatic N) is 3. The maximum absolute atomic E-state index is 11.9. The molecule has 5 nitrogen and oxygen atoms in total. The van der Waals surface area contributed by atoms with E-state index in [9.17, 15) is 4.79 Å². The maximum atomic E-state index is 11.9. The molecule has 0 saturated carbocycles. The Balaban J connectivity index is 2.14. The summed E-state index contributed by atoms with van der Waals surface area (Å²) in [6, 6.07) is 5.46. The zero-order chi connectivity index (χ0) is 11.8. The number of nitrogens with one attached hydrogen (secondary N) is 1. The molecule has 3 rings (SSSR count). The molecule has 5 heteroatoms. The van der Waals surface area contributed by atoms with Gasteiger partial charge in [-0.05, 0) is 32.5 Å². The Labute approximate surface area is 99.1 Å². The first-order valence-corrected chi connectivity index (χ1v) is 6.03. The largest absolute Gasteiger partial charge is 0.296 e. The van der Waals surface area contributed by atoms with E-state index >= 15 is 0 Å². The highest BCUT2D eigenvalue weighted by Gasteiger charge is 2.25. The van der Waals surface area contributed by atoms with Crippen molar-refractivity contribution in [3.63, 3.8) is 0 Å². The van der Waals surface area contributed by atoms with Crippen LogP contribution in [0.15, 0.2) is 23.0 Å². The number of aromatic amines is 1. The fraction of sp³-hybridized carbons (Fsp3) is 0.500. The molecule has 1 atom stereocenters. The number of pyridine rings is 1. The number of hydrogen-bond acceptors (Lipinski definition) is 3. The summed E-state index contributed by atoms with van der Waals surface area (Å²) in [6.45, 7) is 1.07. The minimum atomic E-state index is -0.00905. The van der Waals surface area contributed by atoms with Crippen molar-refractivity contribution in [1.29, 1.82) is 0 Å². The first kappa shape index (κ1) is 10.5. The van der Waals surface area contributed by atoms with Crippen LogP contribution >= 0.6 is 0 Å². The predicted octanol–water partition coefficient (Wildman–Crippen LogP) is 1.18. The van der Waals surface area contributed by atoms with Gasteiger partial charge in [0.2, 0.25) is 0 Å². The van der Waals surface area contributed by atoms with Crippen LogP contribution in [0.1, 0.15) is 31.1 Å². The highest BCUT2D eigenvalue weighted by atomic mass is 16.1. The van der Waals surface area contributed by atoms with E-state index in [0.29, 0.717) is 0 Å². The highest BCUT2D eigenvalue weighted by molar-refractivity contribution is 5.37. The van der Waals surface area contributed by atoms with Crippen molar-refractivity contribution >= 4 is 5.65 Å². The normalized spacial score (nSPS) is 22.1. The van der Waals surface area contributed by atoms with Crippen molar-refractivity contribution in [3.8, 4) is 0 Å². The van der Waals surface area contributed by atoms with Gasteiger partial charge in [-0.15, -0.1) is 0 Å². The fourth-order valence-electron chi connectivity index (χ4n) is 2.60. The summed E-state index contributed by atoms with van der Waals surface area (Å²) < 4.78 is 1.69. The van der Waals surface area contributed by atoms with Gasteiger partial charge in [-0.1, -0.05) is 12.5 Å². The number of hydrogen-bond donors (Lipinski definition) is 1. The van der Waals surface area contributed by atoms with E-state index in [2.05, 4.69) is 22.1 Å². The topological polar surface area (TPSA) is 53.4 Å². The van der Waals surface area contributed by atoms with Gasteiger partial charge in [-0.3, -0.25) is 14.8 Å². The molecular weight excluding hydrogens is 216 g/mol. The van der Waals surface area contributed by atoms with E-state index in [0.717, 1.165) is 24.4 Å². The molecule has 2 aromatic rings. The van der Waals surface area contributed by atoms with Gasteiger partial charge >= 0.3 is 0 Å². The summed E-state index contributed by atoms with van der Waals surface area (Å²) in [4.78, 5) is 14.2. The van der Waals surface area contributed by atoms with E-state index in [1.165, 1.54) is 12.8 Å². The summed E-state index contributed by atoms with van der Waals surface area (Å²) in [6.07, 6.45) is 3.49. The second-order valence-corrected chi connectivity index (χ2v) is 4.66. The first-order chi connectivity index (χ1) is 8.27. The van der Waals surface area contributed by atoms with E-state index in [1.807, 2.05) is 6.07 Å². The summed E-state index contributed by atoms with van der Waals surface area (Å²) >= 11 is 0. The van der Waals surface area contributed by atoms with Crippen molar-refractivity contribution < 1.29 is 0 Å². The zero-order valence-electron chi connectivity index (χ0n) is 9.89. The van der Waals surface area contributed by atoms with Gasteiger partial charge in [0.05, 0.1) is 6.04 Å². The van der Waals surface area contributed by atoms with Gasteiger partial charge in [0.15, 0.2) is 5.82 Å². The number of aromatic nitrogens is 3. The third-order valence-electron chi connectivity index (χ3n) is 3.54. The molecule has 1 unspecified atom stereocenters. The van der Waals surface area contributed by atoms with Crippen molar-refractivity contribution in [2.24, 2.45) is 0 Å². The molecule has 0 bridgehead atoms. The molecule has 1 aliphatic heterocycles. The Hall–Kier alpha value is -1.62. The molecule has 90 valence electrons. The monoisotopic (exact) mass is 232 g/mol. The predicted molar refractivity (Wildman–Crippen MR) is 65.0 cm³/mol. The van der Waals surface area contributed by atoms with Crippen molar-refractivity contribution in [3.05, 3.63) is 34.4 Å². The van der Waals surface area contributed by atoms with Gasteiger partial charge in [-0.2, -0.15) is 5.10 Å². The van der Waals surface area contributed by atoms with Gasteiger partial charge in [-0.25, -0.2) is 4.40 Å². The molecular formula is C12H16N4O. The van der Waals surface area contributed by atoms with Crippen LogP contribution in [0, 0.1) is 0 Å². The van der Waals surface area contributed by atoms with E-state index in [4.69, 9.17) is 0 Å². The van der Waals surface area contributed by atoms with Crippen LogP contribution in [0.3, 0.4) is 0 Å². The number of rotatable bonds is 1. The molecule has 0 radical (unpaired) electrons. The SMILES string of the molecule is CN1CCCCC1c1n[nH]c2cccc(=O)n12. The Morgan fingerprint density at radius 2 is 2.29 bits per heavy atom. The van der Waals surface area contributed by atoms with Crippen LogP contribution in [0.2, 0.25) is 0 Å². The van der Waals surface area contributed by atoms with Crippen LogP contribution in [0.25, 0.3) is 5.65 Å². The Bertz CT molecular complexity index is 585. The maximum Gasteiger partial charge on any atom is 0.257 e. The van der Waals surface area contributed by atoms with Crippen molar-refractivity contribution in [2.75, 3.05) is 13.6 Å². The molecule has 0 amide bonds. The van der Waals surface area contributed by atoms with Crippen LogP contribution in [-0.2, 0) is 0 Å². The molecule has 1 fully saturated rings. The number of piperidine rings is 1. The minimum absolute atomic E-state index is 0.00905. The summed E-state index contributed by atoms with van der Waals surface area (Å²) in [5, 5.41) is 7.26. The average molecular weight is 232 g/mol. The lowest BCUT2D eigenvalue weighted by Crippen LogP contribution is -2.32. The molecule has 2 aromatic heterocycles. The minimum Gasteiger partial charge on any atom is -0.296 e. The molecule has 1 aliphatic rings. The highest BCUT2D eigenvalue weighted by Crippen LogP contribution is 2.27. The number of likely N-dealkylation sites (tertiary alicyclic amines) is 1. The summed E-state index contributed by atoms with van der Waals surface area (Å²) in [5.74, 6) is 0.841. The number of H-pyrrole nitrogens is 1. The third-order valence-corrected chi connectivity index (χ3v) is 3.54. The Morgan fingerprint density at radius 1 is 1.41 bits per heavy atom.